The number of hydrogen-bond donors (Lipinski definition) is 4. The summed E-state index contributed by atoms with van der Waals surface area (Å²) in [6.45, 7) is 3.82. The number of aliphatic hydroxyl groups is 3. The number of hydrogen-bond acceptors (Lipinski definition) is 11. The summed E-state index contributed by atoms with van der Waals surface area (Å²) < 4.78 is 59.2. The van der Waals surface area contributed by atoms with E-state index < -0.39 is 59.8 Å². The van der Waals surface area contributed by atoms with Crippen LogP contribution in [0.1, 0.15) is 200 Å². The van der Waals surface area contributed by atoms with Gasteiger partial charge < -0.3 is 34.3 Å². The topological polar surface area (TPSA) is 178 Å². The third-order valence-corrected chi connectivity index (χ3v) is 12.2. The Morgan fingerprint density at radius 2 is 0.986 bits per heavy atom. The molecular weight excluding hydrogens is 897 g/mol. The smallest absolute Gasteiger partial charge is 0.397 e. The van der Waals surface area contributed by atoms with Gasteiger partial charge in [-0.3, -0.25) is 9.35 Å². The zero-order chi connectivity index (χ0) is 50.3. The molecule has 0 amide bonds. The Balaban J connectivity index is 2.40. The summed E-state index contributed by atoms with van der Waals surface area (Å²) in [7, 11) is -5.08. The van der Waals surface area contributed by atoms with Gasteiger partial charge in [0.15, 0.2) is 6.29 Å². The lowest BCUT2D eigenvalue weighted by Crippen LogP contribution is -2.60. The van der Waals surface area contributed by atoms with Crippen LogP contribution in [-0.4, -0.2) is 97.5 Å². The minimum Gasteiger partial charge on any atom is -0.457 e. The van der Waals surface area contributed by atoms with Gasteiger partial charge in [-0.25, -0.2) is 4.18 Å². The number of carbonyl (C=O) groups excluding carboxylic acids is 1. The summed E-state index contributed by atoms with van der Waals surface area (Å²) in [4.78, 5) is 12.9. The van der Waals surface area contributed by atoms with E-state index >= 15 is 0 Å². The van der Waals surface area contributed by atoms with Crippen LogP contribution in [0.15, 0.2) is 85.1 Å². The van der Waals surface area contributed by atoms with Crippen LogP contribution in [-0.2, 0) is 38.3 Å². The van der Waals surface area contributed by atoms with Crippen molar-refractivity contribution in [2.45, 2.75) is 237 Å². The van der Waals surface area contributed by atoms with E-state index in [4.69, 9.17) is 18.9 Å². The molecule has 0 bridgehead atoms. The molecule has 1 fully saturated rings. The predicted molar refractivity (Wildman–Crippen MR) is 280 cm³/mol. The van der Waals surface area contributed by atoms with E-state index in [-0.39, 0.29) is 19.6 Å². The fraction of sp³-hybridized carbons (Fsp3) is 0.732. The zero-order valence-electron chi connectivity index (χ0n) is 42.8. The molecule has 4 N–H and O–H groups in total. The Hall–Kier alpha value is -2.72. The molecule has 1 heterocycles. The third-order valence-electron chi connectivity index (χ3n) is 11.8. The number of ether oxygens (including phenoxy) is 4. The lowest BCUT2D eigenvalue weighted by Gasteiger charge is -2.41. The third kappa shape index (κ3) is 39.6. The van der Waals surface area contributed by atoms with Crippen LogP contribution in [0.4, 0.5) is 0 Å². The second-order valence-electron chi connectivity index (χ2n) is 18.1. The molecule has 0 aromatic carbocycles. The minimum atomic E-state index is -5.08. The van der Waals surface area contributed by atoms with Gasteiger partial charge in [0, 0.05) is 13.0 Å². The monoisotopic (exact) mass is 993 g/mol. The largest absolute Gasteiger partial charge is 0.457 e. The Kier molecular flexibility index (Phi) is 43.2. The van der Waals surface area contributed by atoms with Crippen molar-refractivity contribution in [3.8, 4) is 0 Å². The van der Waals surface area contributed by atoms with Crippen molar-refractivity contribution < 1.29 is 56.2 Å². The first kappa shape index (κ1) is 64.3. The van der Waals surface area contributed by atoms with Gasteiger partial charge in [-0.1, -0.05) is 214 Å². The molecule has 1 aliphatic heterocycles. The summed E-state index contributed by atoms with van der Waals surface area (Å²) in [5, 5.41) is 30.8. The molecule has 1 saturated heterocycles. The number of aliphatic hydroxyl groups excluding tert-OH is 3. The molecule has 0 saturated carbocycles. The molecule has 398 valence electrons. The minimum absolute atomic E-state index is 0.0104. The second-order valence-corrected chi connectivity index (χ2v) is 19.1. The van der Waals surface area contributed by atoms with Crippen molar-refractivity contribution in [2.24, 2.45) is 0 Å². The molecule has 0 spiro atoms. The number of carbonyl (C=O) groups is 1. The molecular formula is C56H96O12S. The Morgan fingerprint density at radius 1 is 0.565 bits per heavy atom. The van der Waals surface area contributed by atoms with Gasteiger partial charge >= 0.3 is 16.4 Å². The van der Waals surface area contributed by atoms with Crippen LogP contribution < -0.4 is 0 Å². The van der Waals surface area contributed by atoms with Crippen LogP contribution in [0.3, 0.4) is 0 Å². The fourth-order valence-electron chi connectivity index (χ4n) is 7.78. The lowest BCUT2D eigenvalue weighted by molar-refractivity contribution is -0.301. The molecule has 13 heteroatoms. The van der Waals surface area contributed by atoms with Crippen LogP contribution in [0.2, 0.25) is 0 Å². The number of unbranched alkanes of at least 4 members (excludes halogenated alkanes) is 19. The molecule has 0 aromatic heterocycles. The highest BCUT2D eigenvalue weighted by Crippen LogP contribution is 2.26. The van der Waals surface area contributed by atoms with E-state index in [1.807, 2.05) is 6.08 Å². The fourth-order valence-corrected chi connectivity index (χ4v) is 8.29. The van der Waals surface area contributed by atoms with E-state index in [2.05, 4.69) is 97.0 Å². The Bertz CT molecular complexity index is 1520. The van der Waals surface area contributed by atoms with Gasteiger partial charge in [0.2, 0.25) is 0 Å². The van der Waals surface area contributed by atoms with Crippen LogP contribution in [0.25, 0.3) is 0 Å². The Morgan fingerprint density at radius 3 is 1.41 bits per heavy atom. The maximum absolute atomic E-state index is 12.9. The Labute approximate surface area is 419 Å². The lowest BCUT2D eigenvalue weighted by atomic mass is 9.99. The highest BCUT2D eigenvalue weighted by molar-refractivity contribution is 7.80. The normalized spacial score (nSPS) is 19.9. The van der Waals surface area contributed by atoms with Crippen molar-refractivity contribution in [1.82, 2.24) is 0 Å². The number of allylic oxidation sites excluding steroid dienone is 14. The summed E-state index contributed by atoms with van der Waals surface area (Å²) in [6, 6.07) is 0. The molecule has 69 heavy (non-hydrogen) atoms. The first-order valence-corrected chi connectivity index (χ1v) is 28.2. The van der Waals surface area contributed by atoms with Crippen molar-refractivity contribution in [3.63, 3.8) is 0 Å². The van der Waals surface area contributed by atoms with Gasteiger partial charge in [-0.2, -0.15) is 8.42 Å². The highest BCUT2D eigenvalue weighted by atomic mass is 32.3. The summed E-state index contributed by atoms with van der Waals surface area (Å²) in [5.41, 5.74) is 0. The van der Waals surface area contributed by atoms with Crippen LogP contribution >= 0.6 is 0 Å². The molecule has 0 radical (unpaired) electrons. The number of rotatable bonds is 46. The molecule has 0 aromatic rings. The predicted octanol–water partition coefficient (Wildman–Crippen LogP) is 12.8. The summed E-state index contributed by atoms with van der Waals surface area (Å²) in [5.74, 6) is -0.456. The maximum atomic E-state index is 12.9. The van der Waals surface area contributed by atoms with Gasteiger partial charge in [-0.15, -0.1) is 0 Å². The van der Waals surface area contributed by atoms with Gasteiger partial charge in [-0.05, 0) is 64.2 Å². The first-order chi connectivity index (χ1) is 33.6. The van der Waals surface area contributed by atoms with E-state index in [1.54, 1.807) is 0 Å². The van der Waals surface area contributed by atoms with Crippen LogP contribution in [0, 0.1) is 0 Å². The van der Waals surface area contributed by atoms with Crippen molar-refractivity contribution in [2.75, 3.05) is 26.4 Å². The van der Waals surface area contributed by atoms with Crippen molar-refractivity contribution in [3.05, 3.63) is 85.1 Å². The zero-order valence-corrected chi connectivity index (χ0v) is 43.7. The molecule has 6 unspecified atom stereocenters. The average molecular weight is 993 g/mol. The summed E-state index contributed by atoms with van der Waals surface area (Å²) in [6.07, 6.45) is 53.4. The average Bonchev–Trinajstić information content (AvgIpc) is 3.32. The molecule has 1 rings (SSSR count). The van der Waals surface area contributed by atoms with Crippen molar-refractivity contribution >= 4 is 16.4 Å². The molecule has 1 aliphatic rings. The van der Waals surface area contributed by atoms with Crippen LogP contribution in [0.5, 0.6) is 0 Å². The highest BCUT2D eigenvalue weighted by Gasteiger charge is 2.48. The van der Waals surface area contributed by atoms with E-state index in [0.717, 1.165) is 64.2 Å². The van der Waals surface area contributed by atoms with Crippen molar-refractivity contribution in [1.29, 1.82) is 0 Å². The maximum Gasteiger partial charge on any atom is 0.397 e. The summed E-state index contributed by atoms with van der Waals surface area (Å²) >= 11 is 0. The van der Waals surface area contributed by atoms with E-state index in [9.17, 15) is 33.1 Å². The molecule has 6 atom stereocenters. The second kappa shape index (κ2) is 46.4. The van der Waals surface area contributed by atoms with Gasteiger partial charge in [0.25, 0.3) is 0 Å². The van der Waals surface area contributed by atoms with Gasteiger partial charge in [0.05, 0.1) is 19.8 Å². The standard InChI is InChI=1S/C56H96O12S/c1-3-5-7-9-11-13-15-17-19-21-23-24-25-26-27-29-31-33-35-37-39-41-43-45-52(58)66-50(49-65-56-54(60)55(68-69(61,62)63)53(59)51(47-57)67-56)48-64-46-44-42-40-38-36-34-32-30-28-22-20-18-16-14-12-10-8-6-4-2/h5,7,11,13,17,19,23-24,26-27,31,33,37,39,50-51,53-57,59-60H,3-4,6,8-10,12,14-16,18,20-22,25,28-30,32,34-36,38,40-49H2,1-2H3,(H,61,62,63)/b7-5-,13-11-,19-17-,24-23-,27-26-,33-31-,39-37-. The van der Waals surface area contributed by atoms with Gasteiger partial charge in [0.1, 0.15) is 30.5 Å². The molecule has 12 nitrogen and oxygen atoms in total. The SMILES string of the molecule is CC/C=C\C/C=C\C/C=C\C/C=C\C/C=C\C/C=C\C/C=C\CCCC(=O)OC(COCCCCCCCCCCCCCCCCCCCCC)COC1OC(CO)C(O)C(OS(=O)(=O)O)C1O. The van der Waals surface area contributed by atoms with E-state index in [0.29, 0.717) is 19.4 Å². The number of esters is 1. The van der Waals surface area contributed by atoms with E-state index in [1.165, 1.54) is 103 Å². The first-order valence-electron chi connectivity index (χ1n) is 26.8. The quantitative estimate of drug-likeness (QED) is 0.0197. The molecule has 0 aliphatic carbocycles.